The van der Waals surface area contributed by atoms with Crippen LogP contribution in [0.3, 0.4) is 0 Å². The maximum absolute atomic E-state index is 14.0. The van der Waals surface area contributed by atoms with Crippen molar-refractivity contribution < 1.29 is 47.5 Å². The highest BCUT2D eigenvalue weighted by Crippen LogP contribution is 2.21. The predicted molar refractivity (Wildman–Crippen MR) is 183 cm³/mol. The van der Waals surface area contributed by atoms with Gasteiger partial charge in [-0.3, -0.25) is 24.2 Å². The van der Waals surface area contributed by atoms with Crippen LogP contribution in [0.25, 0.3) is 10.9 Å². The summed E-state index contributed by atoms with van der Waals surface area (Å²) in [6, 6.07) is 13.5. The van der Waals surface area contributed by atoms with E-state index in [4.69, 9.17) is 4.74 Å². The molecule has 51 heavy (non-hydrogen) atoms. The molecule has 0 radical (unpaired) electrons. The molecule has 1 saturated heterocycles. The summed E-state index contributed by atoms with van der Waals surface area (Å²) in [6.45, 7) is 1.84. The van der Waals surface area contributed by atoms with Crippen LogP contribution in [0.5, 0.6) is 0 Å². The molecule has 14 nitrogen and oxygen atoms in total. The molecule has 2 heterocycles. The molecule has 4 rings (SSSR count). The van der Waals surface area contributed by atoms with Crippen molar-refractivity contribution in [3.05, 3.63) is 71.9 Å². The molecule has 272 valence electrons. The van der Waals surface area contributed by atoms with Crippen LogP contribution in [-0.2, 0) is 25.7 Å². The molecule has 5 N–H and O–H groups in total. The highest BCUT2D eigenvalue weighted by Gasteiger charge is 2.40. The summed E-state index contributed by atoms with van der Waals surface area (Å²) < 4.78 is 33.3. The van der Waals surface area contributed by atoms with Crippen molar-refractivity contribution in [2.24, 2.45) is 5.92 Å². The van der Waals surface area contributed by atoms with Crippen LogP contribution in [0.2, 0.25) is 0 Å². The number of aromatic nitrogens is 1. The summed E-state index contributed by atoms with van der Waals surface area (Å²) >= 11 is 0. The lowest BCUT2D eigenvalue weighted by Crippen LogP contribution is -2.55. The largest absolute Gasteiger partial charge is 0.475 e. The number of rotatable bonds is 14. The lowest BCUT2D eigenvalue weighted by Gasteiger charge is -2.30. The highest BCUT2D eigenvalue weighted by molar-refractivity contribution is 6.43. The number of fused-ring (bicyclic) bond motifs is 1. The number of carbonyl (C=O) groups excluding carboxylic acids is 5. The number of nitrogens with one attached hydrogen (secondary N) is 3. The number of carbonyl (C=O) groups is 5. The summed E-state index contributed by atoms with van der Waals surface area (Å²) in [7, 11) is -1.69. The van der Waals surface area contributed by atoms with E-state index in [1.807, 2.05) is 0 Å². The first-order valence-electron chi connectivity index (χ1n) is 16.4. The summed E-state index contributed by atoms with van der Waals surface area (Å²) in [4.78, 5) is 70.4. The van der Waals surface area contributed by atoms with E-state index in [2.05, 4.69) is 20.9 Å². The first-order chi connectivity index (χ1) is 24.1. The van der Waals surface area contributed by atoms with Gasteiger partial charge in [-0.05, 0) is 48.6 Å². The molecule has 17 heteroatoms. The van der Waals surface area contributed by atoms with Gasteiger partial charge in [-0.15, -0.1) is 0 Å². The van der Waals surface area contributed by atoms with Gasteiger partial charge in [-0.25, -0.2) is 13.6 Å². The van der Waals surface area contributed by atoms with Crippen LogP contribution in [0, 0.1) is 5.92 Å². The van der Waals surface area contributed by atoms with Gasteiger partial charge in [0, 0.05) is 30.7 Å². The molecule has 0 spiro atoms. The molecule has 0 saturated carbocycles. The summed E-state index contributed by atoms with van der Waals surface area (Å²) in [5.41, 5.74) is 1.61. The Labute approximate surface area is 293 Å². The van der Waals surface area contributed by atoms with Crippen LogP contribution < -0.4 is 16.0 Å². The standard InChI is InChI=1S/C34H41BF2N6O8/c1-21(2)30(32(47)43-16-6-9-27(43)35(49)50)41-33(48)51-19-22-10-12-23(13-11-22)40-28(44)18-42(20-34(3,36)37)29(45)17-39-31(46)25-14-15-38-26-8-5-4-7-24(25)26/h4-5,7-8,10-15,21,27,30,49-50H,6,9,16-20H2,1-3H3,(H,39,46)(H,40,44)(H,41,48)/t27-,30?/m0/s1. The Morgan fingerprint density at radius 3 is 2.45 bits per heavy atom. The Morgan fingerprint density at radius 2 is 1.78 bits per heavy atom. The van der Waals surface area contributed by atoms with Gasteiger partial charge in [-0.1, -0.05) is 44.2 Å². The van der Waals surface area contributed by atoms with Crippen molar-refractivity contribution >= 4 is 53.4 Å². The van der Waals surface area contributed by atoms with E-state index in [1.54, 1.807) is 50.2 Å². The van der Waals surface area contributed by atoms with Gasteiger partial charge in [0.2, 0.25) is 17.7 Å². The second kappa shape index (κ2) is 17.2. The molecule has 1 unspecified atom stereocenters. The molecule has 1 aliphatic rings. The van der Waals surface area contributed by atoms with Gasteiger partial charge in [-0.2, -0.15) is 0 Å². The van der Waals surface area contributed by atoms with Gasteiger partial charge in [0.05, 0.1) is 30.1 Å². The van der Waals surface area contributed by atoms with Crippen LogP contribution in [0.4, 0.5) is 19.3 Å². The normalized spacial score (nSPS) is 14.9. The lowest BCUT2D eigenvalue weighted by atomic mass is 9.77. The third kappa shape index (κ3) is 10.9. The molecule has 1 fully saturated rings. The predicted octanol–water partition coefficient (Wildman–Crippen LogP) is 2.34. The zero-order chi connectivity index (χ0) is 37.3. The Morgan fingerprint density at radius 1 is 1.08 bits per heavy atom. The minimum Gasteiger partial charge on any atom is -0.445 e. The number of hydrogen-bond donors (Lipinski definition) is 5. The van der Waals surface area contributed by atoms with E-state index >= 15 is 0 Å². The third-order valence-electron chi connectivity index (χ3n) is 8.19. The number of para-hydroxylation sites is 1. The molecule has 0 bridgehead atoms. The smallest absolute Gasteiger partial charge is 0.445 e. The Kier molecular flexibility index (Phi) is 13.0. The molecular formula is C34H41BF2N6O8. The Hall–Kier alpha value is -5.16. The van der Waals surface area contributed by atoms with E-state index in [-0.39, 0.29) is 23.8 Å². The minimum absolute atomic E-state index is 0.185. The number of amides is 5. The average molecular weight is 711 g/mol. The van der Waals surface area contributed by atoms with Crippen molar-refractivity contribution in [3.8, 4) is 0 Å². The van der Waals surface area contributed by atoms with Crippen molar-refractivity contribution in [3.63, 3.8) is 0 Å². The number of ether oxygens (including phenoxy) is 1. The van der Waals surface area contributed by atoms with E-state index < -0.39 is 74.4 Å². The number of halogens is 2. The molecule has 1 aromatic heterocycles. The fourth-order valence-corrected chi connectivity index (χ4v) is 5.67. The molecule has 2 aromatic carbocycles. The van der Waals surface area contributed by atoms with Gasteiger partial charge < -0.3 is 40.5 Å². The third-order valence-corrected chi connectivity index (χ3v) is 8.19. The number of pyridine rings is 1. The maximum atomic E-state index is 14.0. The highest BCUT2D eigenvalue weighted by atomic mass is 19.3. The van der Waals surface area contributed by atoms with Crippen LogP contribution in [-0.4, -0.2) is 106 Å². The molecule has 5 amide bonds. The van der Waals surface area contributed by atoms with E-state index in [9.17, 15) is 42.8 Å². The molecule has 1 aliphatic heterocycles. The number of alkyl halides is 2. The Bertz CT molecular complexity index is 1720. The van der Waals surface area contributed by atoms with E-state index in [0.717, 1.165) is 0 Å². The number of benzene rings is 2. The molecular weight excluding hydrogens is 669 g/mol. The lowest BCUT2D eigenvalue weighted by molar-refractivity contribution is -0.138. The van der Waals surface area contributed by atoms with E-state index in [1.165, 1.54) is 29.3 Å². The number of likely N-dealkylation sites (tertiary alicyclic amines) is 1. The summed E-state index contributed by atoms with van der Waals surface area (Å²) in [5.74, 6) is -7.09. The fourth-order valence-electron chi connectivity index (χ4n) is 5.67. The molecule has 2 atom stereocenters. The summed E-state index contributed by atoms with van der Waals surface area (Å²) in [5, 5.41) is 27.3. The summed E-state index contributed by atoms with van der Waals surface area (Å²) in [6.07, 6.45) is 1.62. The SMILES string of the molecule is CC(C)C(NC(=O)OCc1ccc(NC(=O)CN(CC(C)(F)F)C(=O)CNC(=O)c2ccnc3ccccc23)cc1)C(=O)N1CCC[C@H]1B(O)O. The number of anilines is 1. The second-order valence-electron chi connectivity index (χ2n) is 12.7. The van der Waals surface area contributed by atoms with Gasteiger partial charge in [0.25, 0.3) is 11.8 Å². The zero-order valence-electron chi connectivity index (χ0n) is 28.5. The molecule has 0 aliphatic carbocycles. The quantitative estimate of drug-likeness (QED) is 0.156. The van der Waals surface area contributed by atoms with Gasteiger partial charge >= 0.3 is 13.2 Å². The Balaban J connectivity index is 1.28. The maximum Gasteiger partial charge on any atom is 0.475 e. The molecule has 3 aromatic rings. The van der Waals surface area contributed by atoms with Gasteiger partial charge in [0.15, 0.2) is 0 Å². The van der Waals surface area contributed by atoms with Crippen molar-refractivity contribution in [2.45, 2.75) is 58.1 Å². The fraction of sp³-hybridized carbons (Fsp3) is 0.412. The minimum atomic E-state index is -3.32. The monoisotopic (exact) mass is 710 g/mol. The van der Waals surface area contributed by atoms with Crippen LogP contribution >= 0.6 is 0 Å². The number of alkyl carbamates (subject to hydrolysis) is 1. The average Bonchev–Trinajstić information content (AvgIpc) is 3.58. The second-order valence-corrected chi connectivity index (χ2v) is 12.7. The number of hydrogen-bond acceptors (Lipinski definition) is 9. The number of nitrogens with zero attached hydrogens (tertiary/aromatic N) is 3. The first kappa shape index (κ1) is 38.6. The van der Waals surface area contributed by atoms with Crippen molar-refractivity contribution in [1.29, 1.82) is 0 Å². The topological polar surface area (TPSA) is 190 Å². The first-order valence-corrected chi connectivity index (χ1v) is 16.4. The zero-order valence-corrected chi connectivity index (χ0v) is 28.5. The van der Waals surface area contributed by atoms with E-state index in [0.29, 0.717) is 47.7 Å². The van der Waals surface area contributed by atoms with Crippen molar-refractivity contribution in [1.82, 2.24) is 25.4 Å². The van der Waals surface area contributed by atoms with Crippen molar-refractivity contribution in [2.75, 3.05) is 31.5 Å². The van der Waals surface area contributed by atoms with Crippen LogP contribution in [0.15, 0.2) is 60.8 Å². The van der Waals surface area contributed by atoms with Gasteiger partial charge in [0.1, 0.15) is 19.2 Å². The van der Waals surface area contributed by atoms with Crippen LogP contribution in [0.1, 0.15) is 49.5 Å².